The van der Waals surface area contributed by atoms with Gasteiger partial charge in [-0.3, -0.25) is 19.6 Å². The number of hydrogen-bond donors (Lipinski definition) is 0. The minimum atomic E-state index is -0.648. The van der Waals surface area contributed by atoms with E-state index in [9.17, 15) is 9.59 Å². The predicted octanol–water partition coefficient (Wildman–Crippen LogP) is 1.20. The first-order valence-electron chi connectivity index (χ1n) is 9.44. The van der Waals surface area contributed by atoms with Gasteiger partial charge in [0.15, 0.2) is 5.60 Å². The molecule has 9 nitrogen and oxygen atoms in total. The summed E-state index contributed by atoms with van der Waals surface area (Å²) in [4.78, 5) is 46.9. The van der Waals surface area contributed by atoms with Gasteiger partial charge in [0.2, 0.25) is 0 Å². The summed E-state index contributed by atoms with van der Waals surface area (Å²) in [6.45, 7) is 3.10. The number of carbonyl (C=O) groups is 2. The lowest BCUT2D eigenvalue weighted by molar-refractivity contribution is -0.123. The van der Waals surface area contributed by atoms with Gasteiger partial charge in [-0.25, -0.2) is 4.98 Å². The van der Waals surface area contributed by atoms with Crippen molar-refractivity contribution in [3.8, 4) is 0 Å². The van der Waals surface area contributed by atoms with Crippen molar-refractivity contribution < 1.29 is 14.4 Å². The zero-order chi connectivity index (χ0) is 20.4. The van der Waals surface area contributed by atoms with Gasteiger partial charge >= 0.3 is 0 Å². The van der Waals surface area contributed by atoms with Gasteiger partial charge < -0.3 is 14.6 Å². The average Bonchev–Trinajstić information content (AvgIpc) is 3.35. The molecule has 4 heterocycles. The molecule has 0 bridgehead atoms. The van der Waals surface area contributed by atoms with Crippen LogP contribution in [0, 0.1) is 6.92 Å². The van der Waals surface area contributed by atoms with E-state index in [1.165, 1.54) is 6.20 Å². The second-order valence-corrected chi connectivity index (χ2v) is 7.49. The van der Waals surface area contributed by atoms with Crippen molar-refractivity contribution in [2.24, 2.45) is 5.16 Å². The van der Waals surface area contributed by atoms with E-state index in [2.05, 4.69) is 20.1 Å². The molecule has 0 radical (unpaired) electrons. The summed E-state index contributed by atoms with van der Waals surface area (Å²) in [7, 11) is 1.71. The first-order valence-corrected chi connectivity index (χ1v) is 9.44. The summed E-state index contributed by atoms with van der Waals surface area (Å²) in [6, 6.07) is 5.58. The van der Waals surface area contributed by atoms with E-state index in [1.54, 1.807) is 29.2 Å². The summed E-state index contributed by atoms with van der Waals surface area (Å²) < 4.78 is 0. The molecule has 29 heavy (non-hydrogen) atoms. The quantitative estimate of drug-likeness (QED) is 0.772. The van der Waals surface area contributed by atoms with E-state index < -0.39 is 5.60 Å². The molecule has 1 atom stereocenters. The van der Waals surface area contributed by atoms with Crippen LogP contribution in [0.1, 0.15) is 34.7 Å². The van der Waals surface area contributed by atoms with E-state index >= 15 is 0 Å². The van der Waals surface area contributed by atoms with Crippen LogP contribution in [-0.2, 0) is 16.2 Å². The van der Waals surface area contributed by atoms with Crippen molar-refractivity contribution in [3.63, 3.8) is 0 Å². The van der Waals surface area contributed by atoms with Crippen molar-refractivity contribution in [2.75, 3.05) is 20.1 Å². The third-order valence-corrected chi connectivity index (χ3v) is 5.16. The molecule has 2 aliphatic rings. The second kappa shape index (κ2) is 7.57. The Hall–Kier alpha value is -3.36. The maximum Gasteiger partial charge on any atom is 0.274 e. The fourth-order valence-electron chi connectivity index (χ4n) is 3.56. The summed E-state index contributed by atoms with van der Waals surface area (Å²) in [5, 5.41) is 4.05. The van der Waals surface area contributed by atoms with Gasteiger partial charge in [0, 0.05) is 38.8 Å². The van der Waals surface area contributed by atoms with Gasteiger partial charge in [0.05, 0.1) is 30.7 Å². The smallest absolute Gasteiger partial charge is 0.274 e. The molecular formula is C20H22N6O3. The Balaban J connectivity index is 1.36. The zero-order valence-corrected chi connectivity index (χ0v) is 16.4. The maximum absolute atomic E-state index is 12.7. The topological polar surface area (TPSA) is 101 Å². The number of oxime groups is 1. The number of amides is 2. The van der Waals surface area contributed by atoms with Gasteiger partial charge in [0.1, 0.15) is 11.4 Å². The summed E-state index contributed by atoms with van der Waals surface area (Å²) in [6.07, 6.45) is 5.74. The third kappa shape index (κ3) is 3.94. The number of carbonyl (C=O) groups excluding carboxylic acids is 2. The first kappa shape index (κ1) is 19.0. The van der Waals surface area contributed by atoms with Gasteiger partial charge in [-0.05, 0) is 19.1 Å². The molecule has 0 saturated carbocycles. The number of pyridine rings is 1. The van der Waals surface area contributed by atoms with Crippen LogP contribution in [0.5, 0.6) is 0 Å². The molecule has 150 valence electrons. The molecule has 2 aromatic heterocycles. The molecule has 0 aliphatic carbocycles. The van der Waals surface area contributed by atoms with Crippen molar-refractivity contribution in [3.05, 3.63) is 53.9 Å². The highest BCUT2D eigenvalue weighted by molar-refractivity contribution is 6.39. The molecule has 2 aromatic rings. The van der Waals surface area contributed by atoms with E-state index in [0.29, 0.717) is 43.9 Å². The second-order valence-electron chi connectivity index (χ2n) is 7.49. The van der Waals surface area contributed by atoms with Crippen LogP contribution in [-0.4, -0.2) is 68.0 Å². The molecule has 2 aliphatic heterocycles. The minimum Gasteiger partial charge on any atom is -0.386 e. The van der Waals surface area contributed by atoms with Crippen LogP contribution in [0.15, 0.2) is 41.9 Å². The Morgan fingerprint density at radius 1 is 1.24 bits per heavy atom. The first-order chi connectivity index (χ1) is 14.0. The van der Waals surface area contributed by atoms with Crippen LogP contribution in [0.2, 0.25) is 0 Å². The van der Waals surface area contributed by atoms with Crippen molar-refractivity contribution in [1.82, 2.24) is 24.8 Å². The standard InChI is InChI=1S/C20H22N6O3/c1-14-10-23-17(11-22-14)19(28)26-8-6-20(13-26)9-16(24-29-20)18(27)25(2)12-15-5-3-4-7-21-15/h3-5,7,10-11H,6,8-9,12-13H2,1-2H3/t20-/m1/s1. The minimum absolute atomic E-state index is 0.190. The van der Waals surface area contributed by atoms with Gasteiger partial charge in [-0.15, -0.1) is 0 Å². The molecule has 9 heteroatoms. The number of hydrogen-bond acceptors (Lipinski definition) is 7. The highest BCUT2D eigenvalue weighted by Gasteiger charge is 2.48. The van der Waals surface area contributed by atoms with Crippen LogP contribution < -0.4 is 0 Å². The number of aryl methyl sites for hydroxylation is 1. The molecule has 4 rings (SSSR count). The Kier molecular flexibility index (Phi) is 4.96. The number of nitrogens with zero attached hydrogens (tertiary/aromatic N) is 6. The van der Waals surface area contributed by atoms with Crippen LogP contribution >= 0.6 is 0 Å². The Morgan fingerprint density at radius 3 is 2.83 bits per heavy atom. The van der Waals surface area contributed by atoms with E-state index in [1.807, 2.05) is 25.1 Å². The van der Waals surface area contributed by atoms with Gasteiger partial charge in [0.25, 0.3) is 11.8 Å². The van der Waals surface area contributed by atoms with E-state index in [4.69, 9.17) is 4.84 Å². The monoisotopic (exact) mass is 394 g/mol. The van der Waals surface area contributed by atoms with Crippen molar-refractivity contribution in [1.29, 1.82) is 0 Å². The molecule has 1 saturated heterocycles. The lowest BCUT2D eigenvalue weighted by atomic mass is 9.96. The van der Waals surface area contributed by atoms with Crippen molar-refractivity contribution in [2.45, 2.75) is 31.9 Å². The maximum atomic E-state index is 12.7. The fraction of sp³-hybridized carbons (Fsp3) is 0.400. The van der Waals surface area contributed by atoms with E-state index in [-0.39, 0.29) is 11.8 Å². The van der Waals surface area contributed by atoms with Gasteiger partial charge in [-0.1, -0.05) is 11.2 Å². The fourth-order valence-corrected chi connectivity index (χ4v) is 3.56. The molecule has 0 N–H and O–H groups in total. The zero-order valence-electron chi connectivity index (χ0n) is 16.4. The van der Waals surface area contributed by atoms with E-state index in [0.717, 1.165) is 11.4 Å². The van der Waals surface area contributed by atoms with Crippen molar-refractivity contribution >= 4 is 17.5 Å². The number of aromatic nitrogens is 3. The Bertz CT molecular complexity index is 946. The molecule has 1 fully saturated rings. The summed E-state index contributed by atoms with van der Waals surface area (Å²) in [5.41, 5.74) is 1.58. The summed E-state index contributed by atoms with van der Waals surface area (Å²) in [5.74, 6) is -0.383. The molecule has 2 amide bonds. The molecule has 0 aromatic carbocycles. The normalized spacial score (nSPS) is 20.5. The largest absolute Gasteiger partial charge is 0.386 e. The Morgan fingerprint density at radius 2 is 2.10 bits per heavy atom. The predicted molar refractivity (Wildman–Crippen MR) is 104 cm³/mol. The highest BCUT2D eigenvalue weighted by Crippen LogP contribution is 2.34. The Labute approximate surface area is 168 Å². The lowest BCUT2D eigenvalue weighted by Gasteiger charge is -2.22. The molecule has 0 unspecified atom stereocenters. The number of likely N-dealkylation sites (tertiary alicyclic amines) is 1. The van der Waals surface area contributed by atoms with Gasteiger partial charge in [-0.2, -0.15) is 0 Å². The van der Waals surface area contributed by atoms with Crippen LogP contribution in [0.25, 0.3) is 0 Å². The van der Waals surface area contributed by atoms with Crippen LogP contribution in [0.3, 0.4) is 0 Å². The average molecular weight is 394 g/mol. The summed E-state index contributed by atoms with van der Waals surface area (Å²) >= 11 is 0. The van der Waals surface area contributed by atoms with Crippen LogP contribution in [0.4, 0.5) is 0 Å². The third-order valence-electron chi connectivity index (χ3n) is 5.16. The lowest BCUT2D eigenvalue weighted by Crippen LogP contribution is -2.39. The SMILES string of the molecule is Cc1cnc(C(=O)N2CC[C@@]3(CC(C(=O)N(C)Cc4ccccn4)=NO3)C2)cn1. The number of rotatable bonds is 4. The molecule has 1 spiro atoms. The highest BCUT2D eigenvalue weighted by atomic mass is 16.7. The molecular weight excluding hydrogens is 372 g/mol.